The van der Waals surface area contributed by atoms with Crippen LogP contribution in [0.5, 0.6) is 0 Å². The van der Waals surface area contributed by atoms with Crippen LogP contribution in [0.4, 0.5) is 24.5 Å². The summed E-state index contributed by atoms with van der Waals surface area (Å²) >= 11 is 2.74. The number of amides is 1. The van der Waals surface area contributed by atoms with Crippen LogP contribution < -0.4 is 4.90 Å². The molecule has 2 heterocycles. The molecule has 1 fully saturated rings. The molecule has 0 N–H and O–H groups in total. The number of carbonyl (C=O) groups is 1. The Kier molecular flexibility index (Phi) is 6.07. The standard InChI is InChI=1S/C22H20F3N3OS2/c1-3-4-12-28-19(29)18(20-27(2)16-10-5-6-11-17(16)30-20)31-21(28)26-15-9-7-8-14(13-15)22(23,24)25/h5-11,13H,3-4,12H2,1-2H3. The summed E-state index contributed by atoms with van der Waals surface area (Å²) < 4.78 is 39.3. The van der Waals surface area contributed by atoms with Gasteiger partial charge in [0.05, 0.1) is 22.0 Å². The monoisotopic (exact) mass is 463 g/mol. The van der Waals surface area contributed by atoms with E-state index in [-0.39, 0.29) is 11.6 Å². The Hall–Kier alpha value is -2.39. The molecule has 2 aromatic carbocycles. The van der Waals surface area contributed by atoms with E-state index in [0.29, 0.717) is 16.6 Å². The number of carbonyl (C=O) groups excluding carboxylic acids is 1. The van der Waals surface area contributed by atoms with Crippen molar-refractivity contribution in [2.24, 2.45) is 4.99 Å². The second-order valence-electron chi connectivity index (χ2n) is 7.12. The van der Waals surface area contributed by atoms with Crippen LogP contribution in [0.3, 0.4) is 0 Å². The lowest BCUT2D eigenvalue weighted by Gasteiger charge is -2.16. The number of para-hydroxylation sites is 1. The number of rotatable bonds is 4. The summed E-state index contributed by atoms with van der Waals surface area (Å²) in [5.74, 6) is -0.161. The van der Waals surface area contributed by atoms with Gasteiger partial charge in [-0.2, -0.15) is 13.2 Å². The summed E-state index contributed by atoms with van der Waals surface area (Å²) in [5, 5.41) is 1.22. The van der Waals surface area contributed by atoms with Crippen molar-refractivity contribution in [3.05, 3.63) is 64.0 Å². The van der Waals surface area contributed by atoms with Crippen LogP contribution in [0.1, 0.15) is 25.3 Å². The zero-order valence-corrected chi connectivity index (χ0v) is 18.6. The van der Waals surface area contributed by atoms with Crippen LogP contribution in [0.2, 0.25) is 0 Å². The van der Waals surface area contributed by atoms with Crippen molar-refractivity contribution in [1.29, 1.82) is 0 Å². The first-order valence-electron chi connectivity index (χ1n) is 9.80. The molecule has 4 nitrogen and oxygen atoms in total. The van der Waals surface area contributed by atoms with E-state index in [9.17, 15) is 18.0 Å². The molecule has 0 aliphatic carbocycles. The second-order valence-corrected chi connectivity index (χ2v) is 9.13. The summed E-state index contributed by atoms with van der Waals surface area (Å²) in [6, 6.07) is 12.8. The molecule has 0 unspecified atom stereocenters. The maximum absolute atomic E-state index is 13.3. The molecule has 4 rings (SSSR count). The van der Waals surface area contributed by atoms with Crippen molar-refractivity contribution in [1.82, 2.24) is 4.90 Å². The van der Waals surface area contributed by atoms with E-state index in [2.05, 4.69) is 4.99 Å². The number of amidine groups is 1. The molecule has 0 radical (unpaired) electrons. The van der Waals surface area contributed by atoms with Gasteiger partial charge < -0.3 is 4.90 Å². The molecule has 9 heteroatoms. The summed E-state index contributed by atoms with van der Waals surface area (Å²) in [6.45, 7) is 2.49. The molecule has 31 heavy (non-hydrogen) atoms. The van der Waals surface area contributed by atoms with Gasteiger partial charge in [0.1, 0.15) is 4.91 Å². The van der Waals surface area contributed by atoms with Crippen molar-refractivity contribution in [3.63, 3.8) is 0 Å². The third-order valence-electron chi connectivity index (χ3n) is 4.93. The minimum Gasteiger partial charge on any atom is -0.337 e. The van der Waals surface area contributed by atoms with E-state index < -0.39 is 11.7 Å². The van der Waals surface area contributed by atoms with Gasteiger partial charge >= 0.3 is 6.18 Å². The van der Waals surface area contributed by atoms with Gasteiger partial charge in [-0.3, -0.25) is 9.69 Å². The molecule has 2 aromatic rings. The molecule has 1 amide bonds. The number of aliphatic imine (C=N–C) groups is 1. The number of fused-ring (bicyclic) bond motifs is 1. The van der Waals surface area contributed by atoms with Crippen molar-refractivity contribution in [3.8, 4) is 0 Å². The van der Waals surface area contributed by atoms with E-state index in [4.69, 9.17) is 0 Å². The molecule has 0 spiro atoms. The van der Waals surface area contributed by atoms with Gasteiger partial charge in [0, 0.05) is 18.5 Å². The number of hydrogen-bond donors (Lipinski definition) is 0. The molecule has 162 valence electrons. The van der Waals surface area contributed by atoms with Crippen LogP contribution in [-0.4, -0.2) is 29.6 Å². The number of nitrogens with zero attached hydrogens (tertiary/aromatic N) is 3. The van der Waals surface area contributed by atoms with Crippen LogP contribution in [0, 0.1) is 0 Å². The van der Waals surface area contributed by atoms with E-state index >= 15 is 0 Å². The normalized spacial score (nSPS) is 20.2. The lowest BCUT2D eigenvalue weighted by atomic mass is 10.2. The molecule has 0 saturated carbocycles. The fourth-order valence-corrected chi connectivity index (χ4v) is 5.66. The second kappa shape index (κ2) is 8.63. The Balaban J connectivity index is 1.72. The number of unbranched alkanes of at least 4 members (excludes halogenated alkanes) is 1. The van der Waals surface area contributed by atoms with Crippen molar-refractivity contribution in [2.75, 3.05) is 18.5 Å². The molecule has 0 aromatic heterocycles. The highest BCUT2D eigenvalue weighted by atomic mass is 32.2. The lowest BCUT2D eigenvalue weighted by Crippen LogP contribution is -2.30. The molecule has 2 aliphatic heterocycles. The summed E-state index contributed by atoms with van der Waals surface area (Å²) in [7, 11) is 1.91. The smallest absolute Gasteiger partial charge is 0.337 e. The Morgan fingerprint density at radius 1 is 1.06 bits per heavy atom. The number of thioether (sulfide) groups is 2. The highest BCUT2D eigenvalue weighted by molar-refractivity contribution is 8.19. The van der Waals surface area contributed by atoms with Gasteiger partial charge in [0.15, 0.2) is 5.17 Å². The molecule has 1 saturated heterocycles. The Morgan fingerprint density at radius 3 is 2.55 bits per heavy atom. The van der Waals surface area contributed by atoms with Crippen molar-refractivity contribution < 1.29 is 18.0 Å². The topological polar surface area (TPSA) is 35.9 Å². The first-order chi connectivity index (χ1) is 14.8. The maximum atomic E-state index is 13.3. The summed E-state index contributed by atoms with van der Waals surface area (Å²) in [6.07, 6.45) is -2.78. The van der Waals surface area contributed by atoms with E-state index in [1.54, 1.807) is 4.90 Å². The Morgan fingerprint density at radius 2 is 1.84 bits per heavy atom. The molecule has 0 atom stereocenters. The van der Waals surface area contributed by atoms with Crippen molar-refractivity contribution >= 4 is 46.0 Å². The largest absolute Gasteiger partial charge is 0.416 e. The SMILES string of the molecule is CCCCN1C(=O)C(=C2Sc3ccccc3N2C)SC1=Nc1cccc(C(F)(F)F)c1. The zero-order valence-electron chi connectivity index (χ0n) is 16.9. The predicted octanol–water partition coefficient (Wildman–Crippen LogP) is 6.48. The lowest BCUT2D eigenvalue weighted by molar-refractivity contribution is -0.137. The van der Waals surface area contributed by atoms with E-state index in [1.165, 1.54) is 35.7 Å². The quantitative estimate of drug-likeness (QED) is 0.486. The van der Waals surface area contributed by atoms with Gasteiger partial charge in [-0.15, -0.1) is 0 Å². The predicted molar refractivity (Wildman–Crippen MR) is 120 cm³/mol. The minimum atomic E-state index is -4.45. The van der Waals surface area contributed by atoms with Gasteiger partial charge in [0.2, 0.25) is 0 Å². The van der Waals surface area contributed by atoms with Crippen LogP contribution in [0.15, 0.2) is 68.4 Å². The van der Waals surface area contributed by atoms with E-state index in [0.717, 1.165) is 40.6 Å². The van der Waals surface area contributed by atoms with Crippen LogP contribution >= 0.6 is 23.5 Å². The fourth-order valence-electron chi connectivity index (χ4n) is 3.29. The highest BCUT2D eigenvalue weighted by Crippen LogP contribution is 2.50. The highest BCUT2D eigenvalue weighted by Gasteiger charge is 2.39. The first-order valence-corrected chi connectivity index (χ1v) is 11.4. The van der Waals surface area contributed by atoms with Gasteiger partial charge in [-0.1, -0.05) is 43.3 Å². The summed E-state index contributed by atoms with van der Waals surface area (Å²) in [4.78, 5) is 22.9. The van der Waals surface area contributed by atoms with E-state index in [1.807, 2.05) is 43.1 Å². The Labute approximate surface area is 187 Å². The maximum Gasteiger partial charge on any atom is 0.416 e. The zero-order chi connectivity index (χ0) is 22.2. The molecule has 0 bridgehead atoms. The van der Waals surface area contributed by atoms with Gasteiger partial charge in [-0.05, 0) is 48.5 Å². The third kappa shape index (κ3) is 4.34. The summed E-state index contributed by atoms with van der Waals surface area (Å²) in [5.41, 5.74) is 0.434. The first kappa shape index (κ1) is 21.8. The minimum absolute atomic E-state index is 0.161. The number of halogens is 3. The fraction of sp³-hybridized carbons (Fsp3) is 0.273. The molecular weight excluding hydrogens is 443 g/mol. The average molecular weight is 464 g/mol. The van der Waals surface area contributed by atoms with Gasteiger partial charge in [-0.25, -0.2) is 4.99 Å². The third-order valence-corrected chi connectivity index (χ3v) is 7.36. The van der Waals surface area contributed by atoms with Gasteiger partial charge in [0.25, 0.3) is 5.91 Å². The Bertz CT molecular complexity index is 1080. The number of alkyl halides is 3. The van der Waals surface area contributed by atoms with Crippen LogP contribution in [-0.2, 0) is 11.0 Å². The molecule has 2 aliphatic rings. The van der Waals surface area contributed by atoms with Crippen LogP contribution in [0.25, 0.3) is 0 Å². The van der Waals surface area contributed by atoms with Crippen molar-refractivity contribution in [2.45, 2.75) is 30.8 Å². The number of benzene rings is 2. The molecular formula is C22H20F3N3OS2. The number of anilines is 1. The number of hydrogen-bond acceptors (Lipinski definition) is 5. The average Bonchev–Trinajstić information content (AvgIpc) is 3.23.